The van der Waals surface area contributed by atoms with Crippen LogP contribution in [0.15, 0.2) is 36.4 Å². The molecular formula is C17H15F2NO4. The van der Waals surface area contributed by atoms with Crippen LogP contribution in [0, 0.1) is 11.6 Å². The number of halogens is 2. The van der Waals surface area contributed by atoms with E-state index in [2.05, 4.69) is 5.32 Å². The Bertz CT molecular complexity index is 777. The van der Waals surface area contributed by atoms with Gasteiger partial charge in [-0.05, 0) is 37.3 Å². The first-order valence-corrected chi connectivity index (χ1v) is 6.97. The summed E-state index contributed by atoms with van der Waals surface area (Å²) < 4.78 is 36.9. The molecule has 0 aliphatic rings. The lowest BCUT2D eigenvalue weighted by Crippen LogP contribution is -2.21. The zero-order valence-corrected chi connectivity index (χ0v) is 13.1. The third-order valence-electron chi connectivity index (χ3n) is 3.13. The maximum absolute atomic E-state index is 13.5. The van der Waals surface area contributed by atoms with Crippen molar-refractivity contribution < 1.29 is 27.8 Å². The number of amides is 1. The highest BCUT2D eigenvalue weighted by molar-refractivity contribution is 5.95. The van der Waals surface area contributed by atoms with E-state index >= 15 is 0 Å². The van der Waals surface area contributed by atoms with E-state index in [-0.39, 0.29) is 23.0 Å². The highest BCUT2D eigenvalue weighted by Gasteiger charge is 2.12. The summed E-state index contributed by atoms with van der Waals surface area (Å²) in [6.45, 7) is 0.974. The van der Waals surface area contributed by atoms with Crippen LogP contribution >= 0.6 is 0 Å². The molecule has 0 heterocycles. The van der Waals surface area contributed by atoms with Gasteiger partial charge in [-0.2, -0.15) is 0 Å². The zero-order chi connectivity index (χ0) is 17.7. The van der Waals surface area contributed by atoms with E-state index in [0.717, 1.165) is 18.2 Å². The molecule has 0 radical (unpaired) electrons. The number of rotatable bonds is 6. The lowest BCUT2D eigenvalue weighted by molar-refractivity contribution is -0.118. The molecule has 7 heteroatoms. The Morgan fingerprint density at radius 1 is 1.08 bits per heavy atom. The minimum Gasteiger partial charge on any atom is -0.493 e. The topological polar surface area (TPSA) is 64.6 Å². The largest absolute Gasteiger partial charge is 0.493 e. The first-order chi connectivity index (χ1) is 11.4. The van der Waals surface area contributed by atoms with Crippen molar-refractivity contribution in [2.45, 2.75) is 6.92 Å². The fourth-order valence-electron chi connectivity index (χ4n) is 1.93. The molecule has 0 unspecified atom stereocenters. The third kappa shape index (κ3) is 4.28. The normalized spacial score (nSPS) is 10.2. The summed E-state index contributed by atoms with van der Waals surface area (Å²) in [6, 6.07) is 7.24. The van der Waals surface area contributed by atoms with Crippen LogP contribution in [-0.2, 0) is 4.79 Å². The average Bonchev–Trinajstić information content (AvgIpc) is 2.56. The van der Waals surface area contributed by atoms with E-state index in [0.29, 0.717) is 5.56 Å². The van der Waals surface area contributed by atoms with Gasteiger partial charge in [0.1, 0.15) is 11.6 Å². The maximum atomic E-state index is 13.5. The van der Waals surface area contributed by atoms with Crippen LogP contribution < -0.4 is 14.8 Å². The van der Waals surface area contributed by atoms with Crippen LogP contribution in [0.4, 0.5) is 14.5 Å². The molecule has 2 aromatic carbocycles. The molecule has 0 saturated carbocycles. The summed E-state index contributed by atoms with van der Waals surface area (Å²) >= 11 is 0. The SMILES string of the molecule is COc1cc(C(C)=O)ccc1OCC(=O)Nc1cc(F)ccc1F. The second kappa shape index (κ2) is 7.54. The first kappa shape index (κ1) is 17.4. The zero-order valence-electron chi connectivity index (χ0n) is 13.1. The molecule has 0 fully saturated rings. The molecule has 0 saturated heterocycles. The second-order valence-corrected chi connectivity index (χ2v) is 4.88. The minimum absolute atomic E-state index is 0.140. The standard InChI is InChI=1S/C17H15F2NO4/c1-10(21)11-3-6-15(16(7-11)23-2)24-9-17(22)20-14-8-12(18)4-5-13(14)19/h3-8H,9H2,1-2H3,(H,20,22). The van der Waals surface area contributed by atoms with Crippen molar-refractivity contribution in [3.63, 3.8) is 0 Å². The minimum atomic E-state index is -0.756. The average molecular weight is 335 g/mol. The van der Waals surface area contributed by atoms with Gasteiger partial charge in [-0.3, -0.25) is 9.59 Å². The molecule has 0 aliphatic heterocycles. The monoisotopic (exact) mass is 335 g/mol. The molecule has 0 spiro atoms. The van der Waals surface area contributed by atoms with Gasteiger partial charge < -0.3 is 14.8 Å². The summed E-state index contributed by atoms with van der Waals surface area (Å²) in [5.74, 6) is -1.71. The fraction of sp³-hybridized carbons (Fsp3) is 0.176. The van der Waals surface area contributed by atoms with Crippen LogP contribution in [-0.4, -0.2) is 25.4 Å². The van der Waals surface area contributed by atoms with Crippen LogP contribution in [0.3, 0.4) is 0 Å². The number of Topliss-reactive ketones (excluding diaryl/α,β-unsaturated/α-hetero) is 1. The molecule has 1 N–H and O–H groups in total. The van der Waals surface area contributed by atoms with Crippen molar-refractivity contribution in [2.24, 2.45) is 0 Å². The van der Waals surface area contributed by atoms with Crippen LogP contribution in [0.2, 0.25) is 0 Å². The Hall–Kier alpha value is -2.96. The van der Waals surface area contributed by atoms with Gasteiger partial charge in [0.25, 0.3) is 5.91 Å². The van der Waals surface area contributed by atoms with Crippen LogP contribution in [0.5, 0.6) is 11.5 Å². The number of ketones is 1. The van der Waals surface area contributed by atoms with Gasteiger partial charge in [-0.1, -0.05) is 0 Å². The van der Waals surface area contributed by atoms with Crippen LogP contribution in [0.25, 0.3) is 0 Å². The number of hydrogen-bond donors (Lipinski definition) is 1. The van der Waals surface area contributed by atoms with Crippen molar-refractivity contribution in [3.05, 3.63) is 53.6 Å². The van der Waals surface area contributed by atoms with Crippen LogP contribution in [0.1, 0.15) is 17.3 Å². The lowest BCUT2D eigenvalue weighted by Gasteiger charge is -2.12. The summed E-state index contributed by atoms with van der Waals surface area (Å²) in [4.78, 5) is 23.1. The van der Waals surface area contributed by atoms with Crippen molar-refractivity contribution >= 4 is 17.4 Å². The van der Waals surface area contributed by atoms with Crippen molar-refractivity contribution in [3.8, 4) is 11.5 Å². The van der Waals surface area contributed by atoms with Gasteiger partial charge in [0.05, 0.1) is 12.8 Å². The molecule has 0 atom stereocenters. The Balaban J connectivity index is 2.03. The lowest BCUT2D eigenvalue weighted by atomic mass is 10.1. The summed E-state index contributed by atoms with van der Waals surface area (Å²) in [6.07, 6.45) is 0. The molecule has 24 heavy (non-hydrogen) atoms. The predicted octanol–water partition coefficient (Wildman–Crippen LogP) is 3.19. The second-order valence-electron chi connectivity index (χ2n) is 4.88. The van der Waals surface area contributed by atoms with E-state index in [1.165, 1.54) is 32.2 Å². The Morgan fingerprint density at radius 2 is 1.83 bits per heavy atom. The van der Waals surface area contributed by atoms with Crippen molar-refractivity contribution in [1.82, 2.24) is 0 Å². The van der Waals surface area contributed by atoms with Crippen molar-refractivity contribution in [1.29, 1.82) is 0 Å². The molecule has 2 aromatic rings. The molecule has 5 nitrogen and oxygen atoms in total. The summed E-state index contributed by atoms with van der Waals surface area (Å²) in [5, 5.41) is 2.21. The number of carbonyl (C=O) groups is 2. The first-order valence-electron chi connectivity index (χ1n) is 6.97. The Labute approximate surface area is 137 Å². The van der Waals surface area contributed by atoms with Gasteiger partial charge in [0, 0.05) is 11.6 Å². The van der Waals surface area contributed by atoms with E-state index in [4.69, 9.17) is 9.47 Å². The molecule has 0 aromatic heterocycles. The van der Waals surface area contributed by atoms with Gasteiger partial charge in [-0.25, -0.2) is 8.78 Å². The molecule has 2 rings (SSSR count). The summed E-state index contributed by atoms with van der Waals surface area (Å²) in [7, 11) is 1.40. The number of benzene rings is 2. The molecule has 126 valence electrons. The maximum Gasteiger partial charge on any atom is 0.262 e. The Kier molecular flexibility index (Phi) is 5.47. The number of nitrogens with one attached hydrogen (secondary N) is 1. The Morgan fingerprint density at radius 3 is 2.50 bits per heavy atom. The smallest absolute Gasteiger partial charge is 0.262 e. The van der Waals surface area contributed by atoms with Crippen molar-refractivity contribution in [2.75, 3.05) is 19.0 Å². The number of methoxy groups -OCH3 is 1. The van der Waals surface area contributed by atoms with E-state index < -0.39 is 24.1 Å². The molecule has 0 bridgehead atoms. The molecule has 0 aliphatic carbocycles. The third-order valence-corrected chi connectivity index (χ3v) is 3.13. The highest BCUT2D eigenvalue weighted by Crippen LogP contribution is 2.28. The molecular weight excluding hydrogens is 320 g/mol. The number of ether oxygens (including phenoxy) is 2. The highest BCUT2D eigenvalue weighted by atomic mass is 19.1. The van der Waals surface area contributed by atoms with Gasteiger partial charge in [-0.15, -0.1) is 0 Å². The van der Waals surface area contributed by atoms with E-state index in [9.17, 15) is 18.4 Å². The number of hydrogen-bond acceptors (Lipinski definition) is 4. The molecule has 1 amide bonds. The van der Waals surface area contributed by atoms with Gasteiger partial charge in [0.2, 0.25) is 0 Å². The predicted molar refractivity (Wildman–Crippen MR) is 83.5 cm³/mol. The van der Waals surface area contributed by atoms with E-state index in [1.54, 1.807) is 0 Å². The quantitative estimate of drug-likeness (QED) is 0.824. The number of anilines is 1. The van der Waals surface area contributed by atoms with Gasteiger partial charge in [0.15, 0.2) is 23.9 Å². The van der Waals surface area contributed by atoms with Gasteiger partial charge >= 0.3 is 0 Å². The summed E-state index contributed by atoms with van der Waals surface area (Å²) in [5.41, 5.74) is 0.160. The number of carbonyl (C=O) groups excluding carboxylic acids is 2. The fourth-order valence-corrected chi connectivity index (χ4v) is 1.93. The van der Waals surface area contributed by atoms with E-state index in [1.807, 2.05) is 0 Å².